The predicted octanol–water partition coefficient (Wildman–Crippen LogP) is -5.38. The van der Waals surface area contributed by atoms with Crippen LogP contribution in [0.1, 0.15) is 26.7 Å². The van der Waals surface area contributed by atoms with Gasteiger partial charge in [-0.15, -0.1) is 0 Å². The van der Waals surface area contributed by atoms with E-state index in [4.69, 9.17) is 11.5 Å². The van der Waals surface area contributed by atoms with E-state index in [1.165, 1.54) is 0 Å². The molecule has 0 fully saturated rings. The van der Waals surface area contributed by atoms with Crippen molar-refractivity contribution in [1.29, 1.82) is 0 Å². The number of hydrogen-bond acceptors (Lipinski definition) is 3. The summed E-state index contributed by atoms with van der Waals surface area (Å²) < 4.78 is 0. The van der Waals surface area contributed by atoms with Crippen molar-refractivity contribution in [2.24, 2.45) is 17.4 Å². The van der Waals surface area contributed by atoms with E-state index in [1.54, 1.807) is 0 Å². The molecule has 0 bridgehead atoms. The second kappa shape index (κ2) is 8.30. The molecule has 0 unspecified atom stereocenters. The molecule has 19 heavy (non-hydrogen) atoms. The number of quaternary nitrogens is 1. The molecule has 8 heteroatoms. The number of carbonyl (C=O) groups is 2. The van der Waals surface area contributed by atoms with Gasteiger partial charge in [0.25, 0.3) is 5.91 Å². The molecule has 9 N–H and O–H groups in total. The number of guanidine groups is 1. The van der Waals surface area contributed by atoms with Crippen molar-refractivity contribution in [2.45, 2.75) is 38.8 Å². The van der Waals surface area contributed by atoms with Gasteiger partial charge in [-0.3, -0.25) is 21.3 Å². The number of amides is 1. The molecule has 0 spiro atoms. The Bertz CT molecular complexity index is 339. The van der Waals surface area contributed by atoms with Crippen LogP contribution >= 0.6 is 0 Å². The van der Waals surface area contributed by atoms with Crippen molar-refractivity contribution in [2.75, 3.05) is 6.54 Å². The molecule has 0 rings (SSSR count). The third-order valence-corrected chi connectivity index (χ3v) is 2.74. The fourth-order valence-corrected chi connectivity index (χ4v) is 1.37. The molecule has 8 nitrogen and oxygen atoms in total. The van der Waals surface area contributed by atoms with Gasteiger partial charge in [0.05, 0.1) is 18.6 Å². The number of rotatable bonds is 8. The highest BCUT2D eigenvalue weighted by atomic mass is 16.4. The summed E-state index contributed by atoms with van der Waals surface area (Å²) in [6.07, 6.45) is 0.722. The predicted molar refractivity (Wildman–Crippen MR) is 66.9 cm³/mol. The largest absolute Gasteiger partial charge is 0.548 e. The van der Waals surface area contributed by atoms with Crippen LogP contribution in [0.5, 0.6) is 0 Å². The molecule has 0 aliphatic heterocycles. The molecule has 0 saturated heterocycles. The van der Waals surface area contributed by atoms with E-state index in [0.29, 0.717) is 13.0 Å². The molecular weight excluding hydrogens is 250 g/mol. The minimum atomic E-state index is -1.31. The Hall–Kier alpha value is -1.83. The summed E-state index contributed by atoms with van der Waals surface area (Å²) in [7, 11) is 0. The van der Waals surface area contributed by atoms with Gasteiger partial charge in [0.2, 0.25) is 0 Å². The van der Waals surface area contributed by atoms with Gasteiger partial charge in [0.15, 0.2) is 6.04 Å². The maximum absolute atomic E-state index is 11.7. The average Bonchev–Trinajstić information content (AvgIpc) is 2.30. The van der Waals surface area contributed by atoms with Crippen LogP contribution in [-0.2, 0) is 9.59 Å². The monoisotopic (exact) mass is 274 g/mol. The highest BCUT2D eigenvalue weighted by Gasteiger charge is 2.24. The first-order chi connectivity index (χ1) is 8.75. The minimum Gasteiger partial charge on any atom is -0.548 e. The summed E-state index contributed by atoms with van der Waals surface area (Å²) in [6.45, 7) is 4.12. The fraction of sp³-hybridized carbons (Fsp3) is 0.727. The Balaban J connectivity index is 4.31. The van der Waals surface area contributed by atoms with Crippen molar-refractivity contribution < 1.29 is 25.4 Å². The Morgan fingerprint density at radius 3 is 2.37 bits per heavy atom. The van der Waals surface area contributed by atoms with Gasteiger partial charge in [-0.05, 0) is 12.8 Å². The number of hydrogen-bond donors (Lipinski definition) is 5. The first-order valence-electron chi connectivity index (χ1n) is 6.21. The van der Waals surface area contributed by atoms with E-state index in [1.807, 2.05) is 13.8 Å². The maximum Gasteiger partial charge on any atom is 0.338 e. The molecule has 0 heterocycles. The lowest BCUT2D eigenvalue weighted by Gasteiger charge is -2.21. The SMILES string of the molecule is CC(C)[C@@H]([NH3+])C(=O)N[C@@H](CCC[NH+]=C(N)N)C(=O)[O-]. The Labute approximate surface area is 112 Å². The lowest BCUT2D eigenvalue weighted by atomic mass is 10.0. The van der Waals surface area contributed by atoms with Crippen molar-refractivity contribution in [3.63, 3.8) is 0 Å². The number of nitrogens with two attached hydrogens (primary N) is 2. The van der Waals surface area contributed by atoms with E-state index < -0.39 is 18.1 Å². The lowest BCUT2D eigenvalue weighted by molar-refractivity contribution is -0.459. The van der Waals surface area contributed by atoms with Gasteiger partial charge < -0.3 is 21.0 Å². The number of carboxylic acids is 1. The first kappa shape index (κ1) is 17.2. The van der Waals surface area contributed by atoms with Gasteiger partial charge in [-0.1, -0.05) is 13.8 Å². The summed E-state index contributed by atoms with van der Waals surface area (Å²) in [5.74, 6) is -1.58. The van der Waals surface area contributed by atoms with E-state index in [-0.39, 0.29) is 24.2 Å². The summed E-state index contributed by atoms with van der Waals surface area (Å²) >= 11 is 0. The molecule has 110 valence electrons. The van der Waals surface area contributed by atoms with Crippen LogP contribution in [0.4, 0.5) is 0 Å². The molecule has 0 aromatic rings. The van der Waals surface area contributed by atoms with Gasteiger partial charge in [0.1, 0.15) is 0 Å². The summed E-state index contributed by atoms with van der Waals surface area (Å²) in [6, 6.07) is -1.52. The Morgan fingerprint density at radius 2 is 1.95 bits per heavy atom. The van der Waals surface area contributed by atoms with Gasteiger partial charge in [0, 0.05) is 5.92 Å². The third kappa shape index (κ3) is 7.24. The molecule has 0 aromatic heterocycles. The summed E-state index contributed by atoms with van der Waals surface area (Å²) in [4.78, 5) is 25.3. The summed E-state index contributed by atoms with van der Waals surface area (Å²) in [5, 5.41) is 13.4. The summed E-state index contributed by atoms with van der Waals surface area (Å²) in [5.41, 5.74) is 14.1. The normalized spacial score (nSPS) is 13.7. The van der Waals surface area contributed by atoms with E-state index in [9.17, 15) is 14.7 Å². The number of nitrogens with one attached hydrogen (secondary N) is 2. The zero-order valence-corrected chi connectivity index (χ0v) is 11.4. The second-order valence-corrected chi connectivity index (χ2v) is 4.76. The molecule has 2 atom stereocenters. The minimum absolute atomic E-state index is 0.0377. The van der Waals surface area contributed by atoms with Crippen LogP contribution < -0.4 is 32.6 Å². The van der Waals surface area contributed by atoms with E-state index in [0.717, 1.165) is 0 Å². The molecule has 0 saturated carbocycles. The first-order valence-corrected chi connectivity index (χ1v) is 6.21. The molecule has 0 aromatic carbocycles. The highest BCUT2D eigenvalue weighted by molar-refractivity contribution is 5.85. The van der Waals surface area contributed by atoms with Crippen molar-refractivity contribution in [1.82, 2.24) is 5.32 Å². The third-order valence-electron chi connectivity index (χ3n) is 2.74. The van der Waals surface area contributed by atoms with Crippen LogP contribution in [0.15, 0.2) is 0 Å². The fourth-order valence-electron chi connectivity index (χ4n) is 1.37. The van der Waals surface area contributed by atoms with Crippen LogP contribution in [-0.4, -0.2) is 36.5 Å². The van der Waals surface area contributed by atoms with Crippen LogP contribution in [0.25, 0.3) is 0 Å². The number of aliphatic carboxylic acids is 1. The van der Waals surface area contributed by atoms with E-state index in [2.05, 4.69) is 16.0 Å². The van der Waals surface area contributed by atoms with Gasteiger partial charge in [-0.25, -0.2) is 0 Å². The van der Waals surface area contributed by atoms with Crippen LogP contribution in [0.2, 0.25) is 0 Å². The smallest absolute Gasteiger partial charge is 0.338 e. The van der Waals surface area contributed by atoms with Crippen molar-refractivity contribution >= 4 is 17.8 Å². The van der Waals surface area contributed by atoms with Crippen molar-refractivity contribution in [3.05, 3.63) is 0 Å². The maximum atomic E-state index is 11.7. The second-order valence-electron chi connectivity index (χ2n) is 4.76. The Kier molecular flexibility index (Phi) is 7.50. The topological polar surface area (TPSA) is 163 Å². The average molecular weight is 274 g/mol. The molecular formula is C11H24N5O3+. The lowest BCUT2D eigenvalue weighted by Crippen LogP contribution is -2.78. The van der Waals surface area contributed by atoms with Gasteiger partial charge >= 0.3 is 5.96 Å². The van der Waals surface area contributed by atoms with Crippen LogP contribution in [0, 0.1) is 5.92 Å². The van der Waals surface area contributed by atoms with Crippen molar-refractivity contribution in [3.8, 4) is 0 Å². The van der Waals surface area contributed by atoms with Crippen LogP contribution in [0.3, 0.4) is 0 Å². The number of carbonyl (C=O) groups excluding carboxylic acids is 2. The standard InChI is InChI=1S/C11H23N5O3/c1-6(2)8(12)9(17)16-7(10(18)19)4-3-5-15-11(13)14/h6-8H,3-5,12H2,1-2H3,(H,16,17)(H,18,19)(H4,13,14,15)/p+1/t7-,8+/m0/s1. The highest BCUT2D eigenvalue weighted by Crippen LogP contribution is 1.99. The number of carboxylic acid groups (broad SMARTS) is 1. The van der Waals surface area contributed by atoms with E-state index >= 15 is 0 Å². The molecule has 0 aliphatic carbocycles. The zero-order valence-electron chi connectivity index (χ0n) is 11.4. The molecule has 0 aliphatic rings. The molecule has 0 radical (unpaired) electrons. The quantitative estimate of drug-likeness (QED) is 0.169. The van der Waals surface area contributed by atoms with Gasteiger partial charge in [-0.2, -0.15) is 0 Å². The Morgan fingerprint density at radius 1 is 1.37 bits per heavy atom. The molecule has 1 amide bonds. The zero-order chi connectivity index (χ0) is 15.0.